The molecule has 0 unspecified atom stereocenters. The summed E-state index contributed by atoms with van der Waals surface area (Å²) in [5.41, 5.74) is 2.35. The number of benzene rings is 2. The van der Waals surface area contributed by atoms with Gasteiger partial charge in [0.2, 0.25) is 15.9 Å². The van der Waals surface area contributed by atoms with Crippen LogP contribution in [0.2, 0.25) is 10.0 Å². The van der Waals surface area contributed by atoms with Crippen molar-refractivity contribution in [3.05, 3.63) is 63.6 Å². The lowest BCUT2D eigenvalue weighted by molar-refractivity contribution is -0.119. The number of amides is 1. The van der Waals surface area contributed by atoms with Gasteiger partial charge in [0, 0.05) is 18.1 Å². The highest BCUT2D eigenvalue weighted by Crippen LogP contribution is 2.24. The molecule has 0 spiro atoms. The molecular weight excluding hydrogens is 439 g/mol. The molecule has 1 N–H and O–H groups in total. The number of nitrogens with one attached hydrogen (secondary N) is 1. The second-order valence-electron chi connectivity index (χ2n) is 6.21. The van der Waals surface area contributed by atoms with E-state index < -0.39 is 10.0 Å². The summed E-state index contributed by atoms with van der Waals surface area (Å²) >= 11 is 13.5. The van der Waals surface area contributed by atoms with E-state index in [1.54, 1.807) is 30.0 Å². The van der Waals surface area contributed by atoms with Crippen molar-refractivity contribution in [1.82, 2.24) is 5.32 Å². The molecule has 9 heteroatoms. The number of halogens is 2. The normalized spacial score (nSPS) is 11.3. The highest BCUT2D eigenvalue weighted by Gasteiger charge is 2.21. The smallest absolute Gasteiger partial charge is 0.240 e. The van der Waals surface area contributed by atoms with Crippen LogP contribution in [0.25, 0.3) is 0 Å². The monoisotopic (exact) mass is 460 g/mol. The first-order valence-corrected chi connectivity index (χ1v) is 12.3. The molecule has 2 aromatic rings. The number of thioether (sulfide) groups is 1. The van der Waals surface area contributed by atoms with Gasteiger partial charge in [-0.25, -0.2) is 8.42 Å². The summed E-state index contributed by atoms with van der Waals surface area (Å²) in [7, 11) is -3.57. The number of sulfonamides is 1. The lowest BCUT2D eigenvalue weighted by Crippen LogP contribution is -2.41. The number of carbonyl (C=O) groups is 1. The van der Waals surface area contributed by atoms with Crippen molar-refractivity contribution >= 4 is 56.6 Å². The van der Waals surface area contributed by atoms with E-state index in [-0.39, 0.29) is 12.5 Å². The van der Waals surface area contributed by atoms with Gasteiger partial charge in [0.25, 0.3) is 0 Å². The van der Waals surface area contributed by atoms with Gasteiger partial charge in [-0.15, -0.1) is 0 Å². The van der Waals surface area contributed by atoms with Gasteiger partial charge in [-0.05, 0) is 36.2 Å². The zero-order valence-electron chi connectivity index (χ0n) is 15.6. The Morgan fingerprint density at radius 3 is 2.50 bits per heavy atom. The zero-order valence-corrected chi connectivity index (χ0v) is 18.8. The van der Waals surface area contributed by atoms with Gasteiger partial charge in [0.05, 0.1) is 22.0 Å². The first-order valence-electron chi connectivity index (χ1n) is 8.50. The van der Waals surface area contributed by atoms with Gasteiger partial charge in [0.1, 0.15) is 6.54 Å². The van der Waals surface area contributed by atoms with E-state index in [2.05, 4.69) is 5.32 Å². The van der Waals surface area contributed by atoms with Crippen LogP contribution in [0.1, 0.15) is 11.1 Å². The summed E-state index contributed by atoms with van der Waals surface area (Å²) in [6.45, 7) is 2.00. The van der Waals surface area contributed by atoms with Crippen LogP contribution in [-0.4, -0.2) is 39.4 Å². The van der Waals surface area contributed by atoms with Crippen molar-refractivity contribution in [2.24, 2.45) is 0 Å². The van der Waals surface area contributed by atoms with Gasteiger partial charge in [-0.1, -0.05) is 47.5 Å². The van der Waals surface area contributed by atoms with Crippen molar-refractivity contribution < 1.29 is 13.2 Å². The zero-order chi connectivity index (χ0) is 20.7. The SMILES string of the molecule is Cc1ccccc1N(CC(=O)NCCSCc1ccc(Cl)c(Cl)c1)S(C)(=O)=O. The number of para-hydroxylation sites is 1. The van der Waals surface area contributed by atoms with Crippen LogP contribution < -0.4 is 9.62 Å². The van der Waals surface area contributed by atoms with Crippen LogP contribution in [0.3, 0.4) is 0 Å². The molecule has 0 heterocycles. The van der Waals surface area contributed by atoms with E-state index in [4.69, 9.17) is 23.2 Å². The number of anilines is 1. The van der Waals surface area contributed by atoms with Crippen LogP contribution >= 0.6 is 35.0 Å². The fourth-order valence-corrected chi connectivity index (χ4v) is 4.53. The number of carbonyl (C=O) groups excluding carboxylic acids is 1. The molecule has 0 aliphatic carbocycles. The minimum atomic E-state index is -3.57. The van der Waals surface area contributed by atoms with E-state index in [1.165, 1.54) is 0 Å². The van der Waals surface area contributed by atoms with E-state index >= 15 is 0 Å². The molecule has 0 aliphatic heterocycles. The summed E-state index contributed by atoms with van der Waals surface area (Å²) in [5, 5.41) is 3.81. The molecule has 0 atom stereocenters. The second kappa shape index (κ2) is 10.4. The van der Waals surface area contributed by atoms with Gasteiger partial charge in [-0.3, -0.25) is 9.10 Å². The van der Waals surface area contributed by atoms with Crippen molar-refractivity contribution in [3.63, 3.8) is 0 Å². The van der Waals surface area contributed by atoms with Crippen LogP contribution in [0, 0.1) is 6.92 Å². The lowest BCUT2D eigenvalue weighted by Gasteiger charge is -2.23. The minimum Gasteiger partial charge on any atom is -0.354 e. The lowest BCUT2D eigenvalue weighted by atomic mass is 10.2. The summed E-state index contributed by atoms with van der Waals surface area (Å²) in [4.78, 5) is 12.2. The quantitative estimate of drug-likeness (QED) is 0.571. The maximum atomic E-state index is 12.2. The maximum absolute atomic E-state index is 12.2. The van der Waals surface area contributed by atoms with E-state index in [0.717, 1.165) is 27.4 Å². The average Bonchev–Trinajstić information content (AvgIpc) is 2.62. The number of hydrogen-bond donors (Lipinski definition) is 1. The number of aryl methyl sites for hydroxylation is 1. The molecule has 0 aromatic heterocycles. The van der Waals surface area contributed by atoms with Crippen LogP contribution in [0.15, 0.2) is 42.5 Å². The summed E-state index contributed by atoms with van der Waals surface area (Å²) < 4.78 is 25.4. The minimum absolute atomic E-state index is 0.249. The Bertz CT molecular complexity index is 937. The van der Waals surface area contributed by atoms with Crippen molar-refractivity contribution in [2.75, 3.05) is 29.4 Å². The number of nitrogens with zero attached hydrogens (tertiary/aromatic N) is 1. The molecule has 28 heavy (non-hydrogen) atoms. The first kappa shape index (κ1) is 22.9. The Labute approximate surface area is 180 Å². The van der Waals surface area contributed by atoms with Gasteiger partial charge >= 0.3 is 0 Å². The molecule has 152 valence electrons. The number of hydrogen-bond acceptors (Lipinski definition) is 4. The highest BCUT2D eigenvalue weighted by molar-refractivity contribution is 7.98. The Kier molecular flexibility index (Phi) is 8.49. The Morgan fingerprint density at radius 2 is 1.86 bits per heavy atom. The predicted molar refractivity (Wildman–Crippen MR) is 119 cm³/mol. The van der Waals surface area contributed by atoms with Gasteiger partial charge < -0.3 is 5.32 Å². The van der Waals surface area contributed by atoms with Gasteiger partial charge in [0.15, 0.2) is 0 Å². The molecular formula is C19H22Cl2N2O3S2. The molecule has 0 saturated carbocycles. The summed E-state index contributed by atoms with van der Waals surface area (Å²) in [5.74, 6) is 1.09. The highest BCUT2D eigenvalue weighted by atomic mass is 35.5. The third-order valence-corrected chi connectivity index (χ3v) is 6.79. The summed E-state index contributed by atoms with van der Waals surface area (Å²) in [6, 6.07) is 12.6. The molecule has 0 fully saturated rings. The van der Waals surface area contributed by atoms with Crippen molar-refractivity contribution in [2.45, 2.75) is 12.7 Å². The molecule has 2 rings (SSSR count). The van der Waals surface area contributed by atoms with Crippen LogP contribution in [0.5, 0.6) is 0 Å². The third-order valence-electron chi connectivity index (χ3n) is 3.89. The predicted octanol–water partition coefficient (Wildman–Crippen LogP) is 4.12. The maximum Gasteiger partial charge on any atom is 0.240 e. The van der Waals surface area contributed by atoms with Crippen LogP contribution in [-0.2, 0) is 20.6 Å². The standard InChI is InChI=1S/C19H22Cl2N2O3S2/c1-14-5-3-4-6-18(14)23(28(2,25)26)12-19(24)22-9-10-27-13-15-7-8-16(20)17(21)11-15/h3-8,11H,9-10,12-13H2,1-2H3,(H,22,24). The Balaban J connectivity index is 1.83. The van der Waals surface area contributed by atoms with Crippen molar-refractivity contribution in [3.8, 4) is 0 Å². The fraction of sp³-hybridized carbons (Fsp3) is 0.316. The molecule has 0 radical (unpaired) electrons. The van der Waals surface area contributed by atoms with E-state index in [1.807, 2.05) is 31.2 Å². The largest absolute Gasteiger partial charge is 0.354 e. The second-order valence-corrected chi connectivity index (χ2v) is 10.0. The molecule has 2 aromatic carbocycles. The first-order chi connectivity index (χ1) is 13.2. The molecule has 1 amide bonds. The molecule has 0 aliphatic rings. The van der Waals surface area contributed by atoms with E-state index in [9.17, 15) is 13.2 Å². The van der Waals surface area contributed by atoms with E-state index in [0.29, 0.717) is 28.0 Å². The topological polar surface area (TPSA) is 66.5 Å². The molecule has 0 bridgehead atoms. The van der Waals surface area contributed by atoms with Gasteiger partial charge in [-0.2, -0.15) is 11.8 Å². The van der Waals surface area contributed by atoms with Crippen LogP contribution in [0.4, 0.5) is 5.69 Å². The molecule has 5 nitrogen and oxygen atoms in total. The average molecular weight is 461 g/mol. The molecule has 0 saturated heterocycles. The number of rotatable bonds is 9. The fourth-order valence-electron chi connectivity index (χ4n) is 2.49. The Hall–Kier alpha value is -1.41. The Morgan fingerprint density at radius 1 is 1.14 bits per heavy atom. The van der Waals surface area contributed by atoms with Crippen molar-refractivity contribution in [1.29, 1.82) is 0 Å². The third kappa shape index (κ3) is 6.88. The summed E-state index contributed by atoms with van der Waals surface area (Å²) in [6.07, 6.45) is 1.10.